The van der Waals surface area contributed by atoms with Crippen LogP contribution in [0.3, 0.4) is 0 Å². The molecule has 2 amide bonds. The van der Waals surface area contributed by atoms with Gasteiger partial charge in [-0.2, -0.15) is 0 Å². The molecule has 2 aromatic rings. The Morgan fingerprint density at radius 1 is 1.41 bits per heavy atom. The first-order valence-corrected chi connectivity index (χ1v) is 8.15. The van der Waals surface area contributed by atoms with Gasteiger partial charge in [0.2, 0.25) is 0 Å². The number of rotatable bonds is 4. The van der Waals surface area contributed by atoms with Crippen molar-refractivity contribution in [2.45, 2.75) is 45.2 Å². The summed E-state index contributed by atoms with van der Waals surface area (Å²) in [5.74, 6) is 0.385. The number of halogens is 1. The molecule has 3 rings (SSSR count). The van der Waals surface area contributed by atoms with E-state index in [1.165, 1.54) is 0 Å². The fourth-order valence-electron chi connectivity index (χ4n) is 2.69. The van der Waals surface area contributed by atoms with E-state index in [0.717, 1.165) is 40.0 Å². The first-order valence-electron chi connectivity index (χ1n) is 7.77. The van der Waals surface area contributed by atoms with E-state index in [-0.39, 0.29) is 6.03 Å². The van der Waals surface area contributed by atoms with Crippen LogP contribution in [0.15, 0.2) is 18.2 Å². The number of hydrogen-bond acceptors (Lipinski definition) is 1. The molecule has 118 valence electrons. The van der Waals surface area contributed by atoms with Crippen molar-refractivity contribution >= 4 is 28.5 Å². The molecule has 2 N–H and O–H groups in total. The number of nitrogens with zero attached hydrogens (tertiary/aromatic N) is 1. The Bertz CT molecular complexity index is 703. The molecule has 4 nitrogen and oxygen atoms in total. The third-order valence-electron chi connectivity index (χ3n) is 4.26. The van der Waals surface area contributed by atoms with Crippen molar-refractivity contribution in [2.24, 2.45) is 0 Å². The van der Waals surface area contributed by atoms with Crippen molar-refractivity contribution < 1.29 is 4.79 Å². The van der Waals surface area contributed by atoms with E-state index < -0.39 is 0 Å². The van der Waals surface area contributed by atoms with Gasteiger partial charge in [-0.05, 0) is 42.5 Å². The zero-order valence-electron chi connectivity index (χ0n) is 13.2. The van der Waals surface area contributed by atoms with Gasteiger partial charge in [-0.1, -0.05) is 25.4 Å². The predicted octanol–water partition coefficient (Wildman–Crippen LogP) is 4.25. The van der Waals surface area contributed by atoms with Crippen LogP contribution in [0.4, 0.5) is 4.79 Å². The fraction of sp³-hybridized carbons (Fsp3) is 0.471. The molecule has 1 saturated carbocycles. The lowest BCUT2D eigenvalue weighted by Crippen LogP contribution is -2.38. The Morgan fingerprint density at radius 3 is 2.77 bits per heavy atom. The van der Waals surface area contributed by atoms with Gasteiger partial charge in [0.25, 0.3) is 0 Å². The maximum Gasteiger partial charge on any atom is 0.317 e. The number of fused-ring (bicyclic) bond motifs is 1. The smallest absolute Gasteiger partial charge is 0.317 e. The topological polar surface area (TPSA) is 48.1 Å². The molecule has 5 heteroatoms. The summed E-state index contributed by atoms with van der Waals surface area (Å²) in [5, 5.41) is 4.83. The Kier molecular flexibility index (Phi) is 4.04. The van der Waals surface area contributed by atoms with Crippen molar-refractivity contribution in [1.29, 1.82) is 0 Å². The van der Waals surface area contributed by atoms with Crippen LogP contribution in [0.5, 0.6) is 0 Å². The van der Waals surface area contributed by atoms with E-state index in [9.17, 15) is 4.79 Å². The number of aromatic nitrogens is 1. The van der Waals surface area contributed by atoms with E-state index in [1.807, 2.05) is 19.2 Å². The number of H-pyrrole nitrogens is 1. The van der Waals surface area contributed by atoms with Gasteiger partial charge >= 0.3 is 6.03 Å². The molecule has 0 spiro atoms. The zero-order chi connectivity index (χ0) is 15.9. The highest BCUT2D eigenvalue weighted by molar-refractivity contribution is 6.32. The Labute approximate surface area is 135 Å². The summed E-state index contributed by atoms with van der Waals surface area (Å²) < 4.78 is 0. The van der Waals surface area contributed by atoms with Gasteiger partial charge < -0.3 is 15.2 Å². The molecule has 0 saturated heterocycles. The van der Waals surface area contributed by atoms with Gasteiger partial charge in [0.1, 0.15) is 0 Å². The number of carbonyl (C=O) groups excluding carboxylic acids is 1. The molecule has 0 atom stereocenters. The minimum atomic E-state index is -0.0120. The molecule has 1 heterocycles. The standard InChI is InChI=1S/C17H22ClN3O/c1-10(2)14-8-16-11(7-15(14)18)6-12(20-16)9-19-17(22)21(3)13-4-5-13/h6-8,10,13,20H,4-5,9H2,1-3H3,(H,19,22). The molecule has 0 bridgehead atoms. The lowest BCUT2D eigenvalue weighted by atomic mass is 10.0. The van der Waals surface area contributed by atoms with Gasteiger partial charge in [0.15, 0.2) is 0 Å². The summed E-state index contributed by atoms with van der Waals surface area (Å²) in [6.45, 7) is 4.76. The molecule has 1 fully saturated rings. The summed E-state index contributed by atoms with van der Waals surface area (Å²) >= 11 is 6.33. The Balaban J connectivity index is 1.73. The summed E-state index contributed by atoms with van der Waals surface area (Å²) in [4.78, 5) is 17.1. The predicted molar refractivity (Wildman–Crippen MR) is 90.4 cm³/mol. The molecule has 0 unspecified atom stereocenters. The van der Waals surface area contributed by atoms with E-state index >= 15 is 0 Å². The maximum absolute atomic E-state index is 12.0. The molecule has 1 aliphatic carbocycles. The molecule has 22 heavy (non-hydrogen) atoms. The average molecular weight is 320 g/mol. The second-order valence-corrected chi connectivity index (χ2v) is 6.82. The van der Waals surface area contributed by atoms with Gasteiger partial charge in [-0.25, -0.2) is 4.79 Å². The van der Waals surface area contributed by atoms with Crippen molar-refractivity contribution in [3.05, 3.63) is 34.5 Å². The number of carbonyl (C=O) groups is 1. The third-order valence-corrected chi connectivity index (χ3v) is 4.59. The van der Waals surface area contributed by atoms with E-state index in [4.69, 9.17) is 11.6 Å². The fourth-order valence-corrected chi connectivity index (χ4v) is 3.08. The van der Waals surface area contributed by atoms with Gasteiger partial charge in [-0.3, -0.25) is 0 Å². The molecular formula is C17H22ClN3O. The molecule has 1 aliphatic rings. The van der Waals surface area contributed by atoms with Crippen molar-refractivity contribution in [3.8, 4) is 0 Å². The van der Waals surface area contributed by atoms with Crippen molar-refractivity contribution in [2.75, 3.05) is 7.05 Å². The molecule has 0 radical (unpaired) electrons. The number of nitrogens with one attached hydrogen (secondary N) is 2. The van der Waals surface area contributed by atoms with Gasteiger partial charge in [0.05, 0.1) is 6.54 Å². The highest BCUT2D eigenvalue weighted by Gasteiger charge is 2.29. The quantitative estimate of drug-likeness (QED) is 0.869. The van der Waals surface area contributed by atoms with Crippen LogP contribution >= 0.6 is 11.6 Å². The normalized spacial score (nSPS) is 14.6. The van der Waals surface area contributed by atoms with Crippen molar-refractivity contribution in [3.63, 3.8) is 0 Å². The largest absolute Gasteiger partial charge is 0.357 e. The highest BCUT2D eigenvalue weighted by Crippen LogP contribution is 2.29. The summed E-state index contributed by atoms with van der Waals surface area (Å²) in [7, 11) is 1.85. The van der Waals surface area contributed by atoms with Crippen LogP contribution in [0.25, 0.3) is 10.9 Å². The minimum Gasteiger partial charge on any atom is -0.357 e. The van der Waals surface area contributed by atoms with Crippen molar-refractivity contribution in [1.82, 2.24) is 15.2 Å². The van der Waals surface area contributed by atoms with Crippen LogP contribution in [0.1, 0.15) is 43.9 Å². The zero-order valence-corrected chi connectivity index (χ0v) is 14.0. The van der Waals surface area contributed by atoms with E-state index in [2.05, 4.69) is 30.2 Å². The van der Waals surface area contributed by atoms with E-state index in [0.29, 0.717) is 18.5 Å². The first kappa shape index (κ1) is 15.2. The van der Waals surface area contributed by atoms with Crippen LogP contribution in [0, 0.1) is 0 Å². The Hall–Kier alpha value is -1.68. The molecule has 1 aromatic carbocycles. The molecule has 1 aromatic heterocycles. The maximum atomic E-state index is 12.0. The van der Waals surface area contributed by atoms with Crippen LogP contribution in [0.2, 0.25) is 5.02 Å². The van der Waals surface area contributed by atoms with Crippen LogP contribution < -0.4 is 5.32 Å². The number of benzene rings is 1. The number of aromatic amines is 1. The summed E-state index contributed by atoms with van der Waals surface area (Å²) in [6.07, 6.45) is 2.24. The van der Waals surface area contributed by atoms with Gasteiger partial charge in [-0.15, -0.1) is 0 Å². The second kappa shape index (κ2) is 5.84. The molecule has 0 aliphatic heterocycles. The monoisotopic (exact) mass is 319 g/mol. The van der Waals surface area contributed by atoms with Crippen LogP contribution in [-0.4, -0.2) is 29.0 Å². The first-order chi connectivity index (χ1) is 10.5. The SMILES string of the molecule is CC(C)c1cc2[nH]c(CNC(=O)N(C)C3CC3)cc2cc1Cl. The summed E-state index contributed by atoms with van der Waals surface area (Å²) in [6, 6.07) is 6.55. The second-order valence-electron chi connectivity index (χ2n) is 6.41. The molecular weight excluding hydrogens is 298 g/mol. The van der Waals surface area contributed by atoms with Crippen LogP contribution in [-0.2, 0) is 6.54 Å². The van der Waals surface area contributed by atoms with Gasteiger partial charge in [0, 0.05) is 34.7 Å². The number of amides is 2. The average Bonchev–Trinajstić information content (AvgIpc) is 3.24. The summed E-state index contributed by atoms with van der Waals surface area (Å²) in [5.41, 5.74) is 3.19. The minimum absolute atomic E-state index is 0.0120. The Morgan fingerprint density at radius 2 is 2.14 bits per heavy atom. The highest BCUT2D eigenvalue weighted by atomic mass is 35.5. The third kappa shape index (κ3) is 3.07. The number of urea groups is 1. The number of hydrogen-bond donors (Lipinski definition) is 2. The lowest BCUT2D eigenvalue weighted by Gasteiger charge is -2.16. The lowest BCUT2D eigenvalue weighted by molar-refractivity contribution is 0.206. The van der Waals surface area contributed by atoms with E-state index in [1.54, 1.807) is 4.90 Å².